The molecule has 1 unspecified atom stereocenters. The van der Waals surface area contributed by atoms with Crippen molar-refractivity contribution in [3.63, 3.8) is 0 Å². The molecule has 2 aromatic carbocycles. The lowest BCUT2D eigenvalue weighted by Crippen LogP contribution is -2.36. The van der Waals surface area contributed by atoms with Crippen LogP contribution in [0.4, 0.5) is 0 Å². The van der Waals surface area contributed by atoms with E-state index in [0.717, 1.165) is 18.7 Å². The molecule has 0 aromatic heterocycles. The first-order chi connectivity index (χ1) is 14.4. The van der Waals surface area contributed by atoms with Gasteiger partial charge in [-0.25, -0.2) is 13.1 Å². The van der Waals surface area contributed by atoms with E-state index in [-0.39, 0.29) is 16.8 Å². The Morgan fingerprint density at radius 1 is 1.03 bits per heavy atom. The first-order valence-electron chi connectivity index (χ1n) is 10.5. The number of rotatable bonds is 9. The number of amides is 1. The molecule has 0 spiro atoms. The quantitative estimate of drug-likeness (QED) is 0.643. The number of hydrogen-bond donors (Lipinski definition) is 2. The lowest BCUT2D eigenvalue weighted by molar-refractivity contribution is -0.121. The third kappa shape index (κ3) is 5.90. The molecule has 0 aliphatic carbocycles. The van der Waals surface area contributed by atoms with Crippen LogP contribution in [0.25, 0.3) is 0 Å². The van der Waals surface area contributed by atoms with Crippen molar-refractivity contribution in [2.24, 2.45) is 0 Å². The van der Waals surface area contributed by atoms with Crippen molar-refractivity contribution < 1.29 is 13.2 Å². The molecular formula is C23H31N3O3S. The Balaban J connectivity index is 1.55. The van der Waals surface area contributed by atoms with Gasteiger partial charge >= 0.3 is 0 Å². The van der Waals surface area contributed by atoms with Crippen LogP contribution < -0.4 is 10.0 Å². The number of nitrogens with zero attached hydrogens (tertiary/aromatic N) is 1. The molecule has 1 aliphatic heterocycles. The minimum absolute atomic E-state index is 0.0123. The lowest BCUT2D eigenvalue weighted by atomic mass is 10.0. The van der Waals surface area contributed by atoms with Gasteiger partial charge in [0.25, 0.3) is 0 Å². The third-order valence-corrected chi connectivity index (χ3v) is 7.11. The Hall–Kier alpha value is -2.22. The van der Waals surface area contributed by atoms with E-state index in [9.17, 15) is 13.2 Å². The fourth-order valence-electron chi connectivity index (χ4n) is 3.81. The van der Waals surface area contributed by atoms with Crippen LogP contribution in [0.1, 0.15) is 42.0 Å². The van der Waals surface area contributed by atoms with Crippen molar-refractivity contribution in [1.29, 1.82) is 0 Å². The number of sulfonamides is 1. The summed E-state index contributed by atoms with van der Waals surface area (Å²) in [7, 11) is -2.05. The topological polar surface area (TPSA) is 78.5 Å². The van der Waals surface area contributed by atoms with Crippen molar-refractivity contribution in [3.8, 4) is 0 Å². The van der Waals surface area contributed by atoms with Gasteiger partial charge in [-0.05, 0) is 69.6 Å². The molecule has 1 saturated heterocycles. The van der Waals surface area contributed by atoms with E-state index in [1.807, 2.05) is 0 Å². The zero-order chi connectivity index (χ0) is 21.6. The molecule has 162 valence electrons. The van der Waals surface area contributed by atoms with Gasteiger partial charge < -0.3 is 5.32 Å². The van der Waals surface area contributed by atoms with Crippen LogP contribution >= 0.6 is 0 Å². The van der Waals surface area contributed by atoms with Crippen LogP contribution in [0.2, 0.25) is 0 Å². The highest BCUT2D eigenvalue weighted by Gasteiger charge is 2.23. The van der Waals surface area contributed by atoms with Gasteiger partial charge in [0.15, 0.2) is 0 Å². The first kappa shape index (κ1) is 22.5. The molecule has 6 nitrogen and oxygen atoms in total. The monoisotopic (exact) mass is 429 g/mol. The number of carbonyl (C=O) groups is 1. The van der Waals surface area contributed by atoms with Crippen LogP contribution in [0.3, 0.4) is 0 Å². The number of carbonyl (C=O) groups excluding carboxylic acids is 1. The maximum atomic E-state index is 12.5. The van der Waals surface area contributed by atoms with Gasteiger partial charge in [-0.3, -0.25) is 9.69 Å². The molecule has 2 N–H and O–H groups in total. The molecule has 0 saturated carbocycles. The standard InChI is InChI=1S/C23H31N3O3S/c1-18-5-10-20(11-6-18)22(26-15-3-4-16-26)17-25-23(27)14-9-19-7-12-21(13-8-19)30(28,29)24-2/h5-8,10-13,22,24H,3-4,9,14-17H2,1-2H3,(H,25,27). The van der Waals surface area contributed by atoms with Gasteiger partial charge in [0.05, 0.1) is 10.9 Å². The molecule has 7 heteroatoms. The molecule has 3 rings (SSSR count). The van der Waals surface area contributed by atoms with Crippen molar-refractivity contribution in [1.82, 2.24) is 14.9 Å². The Morgan fingerprint density at radius 2 is 1.67 bits per heavy atom. The van der Waals surface area contributed by atoms with Gasteiger partial charge in [0.1, 0.15) is 0 Å². The molecule has 1 fully saturated rings. The zero-order valence-electron chi connectivity index (χ0n) is 17.7. The summed E-state index contributed by atoms with van der Waals surface area (Å²) in [5.74, 6) is 0.0123. The minimum atomic E-state index is -3.44. The lowest BCUT2D eigenvalue weighted by Gasteiger charge is -2.28. The number of aryl methyl sites for hydroxylation is 2. The predicted octanol–water partition coefficient (Wildman–Crippen LogP) is 2.79. The second-order valence-electron chi connectivity index (χ2n) is 7.83. The summed E-state index contributed by atoms with van der Waals surface area (Å²) in [5.41, 5.74) is 3.41. The second kappa shape index (κ2) is 10.2. The average Bonchev–Trinajstić information content (AvgIpc) is 3.28. The Kier molecular flexibility index (Phi) is 7.64. The molecule has 1 aliphatic rings. The van der Waals surface area contributed by atoms with Gasteiger partial charge in [0, 0.05) is 13.0 Å². The fraction of sp³-hybridized carbons (Fsp3) is 0.435. The predicted molar refractivity (Wildman–Crippen MR) is 119 cm³/mol. The summed E-state index contributed by atoms with van der Waals surface area (Å²) in [6.07, 6.45) is 3.36. The second-order valence-corrected chi connectivity index (χ2v) is 9.71. The maximum Gasteiger partial charge on any atom is 0.240 e. The highest BCUT2D eigenvalue weighted by molar-refractivity contribution is 7.89. The van der Waals surface area contributed by atoms with Crippen molar-refractivity contribution in [2.45, 2.75) is 43.5 Å². The molecule has 1 atom stereocenters. The van der Waals surface area contributed by atoms with Gasteiger partial charge in [0.2, 0.25) is 15.9 Å². The Labute approximate surface area is 179 Å². The molecular weight excluding hydrogens is 398 g/mol. The third-order valence-electron chi connectivity index (χ3n) is 5.68. The van der Waals surface area contributed by atoms with E-state index in [0.29, 0.717) is 19.4 Å². The molecule has 2 aromatic rings. The fourth-order valence-corrected chi connectivity index (χ4v) is 4.54. The summed E-state index contributed by atoms with van der Waals surface area (Å²) in [4.78, 5) is 15.1. The number of benzene rings is 2. The SMILES string of the molecule is CNS(=O)(=O)c1ccc(CCC(=O)NCC(c2ccc(C)cc2)N2CCCC2)cc1. The highest BCUT2D eigenvalue weighted by atomic mass is 32.2. The van der Waals surface area contributed by atoms with E-state index in [1.165, 1.54) is 31.0 Å². The van der Waals surface area contributed by atoms with Crippen LogP contribution in [0.5, 0.6) is 0 Å². The normalized spacial score (nSPS) is 15.8. The smallest absolute Gasteiger partial charge is 0.240 e. The van der Waals surface area contributed by atoms with E-state index in [4.69, 9.17) is 0 Å². The largest absolute Gasteiger partial charge is 0.354 e. The van der Waals surface area contributed by atoms with Crippen molar-refractivity contribution >= 4 is 15.9 Å². The van der Waals surface area contributed by atoms with Crippen LogP contribution in [0, 0.1) is 6.92 Å². The van der Waals surface area contributed by atoms with Crippen LogP contribution in [0.15, 0.2) is 53.4 Å². The average molecular weight is 430 g/mol. The molecule has 1 amide bonds. The molecule has 30 heavy (non-hydrogen) atoms. The summed E-state index contributed by atoms with van der Waals surface area (Å²) in [6, 6.07) is 15.4. The van der Waals surface area contributed by atoms with Crippen molar-refractivity contribution in [2.75, 3.05) is 26.7 Å². The maximum absolute atomic E-state index is 12.5. The minimum Gasteiger partial charge on any atom is -0.354 e. The molecule has 1 heterocycles. The summed E-state index contributed by atoms with van der Waals surface area (Å²) in [5, 5.41) is 3.10. The first-order valence-corrected chi connectivity index (χ1v) is 12.0. The molecule has 0 radical (unpaired) electrons. The van der Waals surface area contributed by atoms with E-state index < -0.39 is 10.0 Å². The van der Waals surface area contributed by atoms with Crippen LogP contribution in [-0.4, -0.2) is 45.9 Å². The number of likely N-dealkylation sites (tertiary alicyclic amines) is 1. The highest BCUT2D eigenvalue weighted by Crippen LogP contribution is 2.25. The summed E-state index contributed by atoms with van der Waals surface area (Å²) in [6.45, 7) is 4.81. The van der Waals surface area contributed by atoms with Crippen molar-refractivity contribution in [3.05, 3.63) is 65.2 Å². The van der Waals surface area contributed by atoms with E-state index >= 15 is 0 Å². The zero-order valence-corrected chi connectivity index (χ0v) is 18.5. The summed E-state index contributed by atoms with van der Waals surface area (Å²) < 4.78 is 25.9. The van der Waals surface area contributed by atoms with Gasteiger partial charge in [-0.1, -0.05) is 42.0 Å². The number of hydrogen-bond acceptors (Lipinski definition) is 4. The van der Waals surface area contributed by atoms with Gasteiger partial charge in [-0.15, -0.1) is 0 Å². The Bertz CT molecular complexity index is 935. The summed E-state index contributed by atoms with van der Waals surface area (Å²) >= 11 is 0. The number of nitrogens with one attached hydrogen (secondary N) is 2. The molecule has 0 bridgehead atoms. The van der Waals surface area contributed by atoms with Crippen LogP contribution in [-0.2, 0) is 21.2 Å². The van der Waals surface area contributed by atoms with E-state index in [2.05, 4.69) is 46.1 Å². The Morgan fingerprint density at radius 3 is 2.27 bits per heavy atom. The van der Waals surface area contributed by atoms with E-state index in [1.54, 1.807) is 24.3 Å². The van der Waals surface area contributed by atoms with Gasteiger partial charge in [-0.2, -0.15) is 0 Å².